The zero-order valence-electron chi connectivity index (χ0n) is 10.1. The van der Waals surface area contributed by atoms with Crippen LogP contribution >= 0.6 is 15.9 Å². The highest BCUT2D eigenvalue weighted by molar-refractivity contribution is 9.10. The monoisotopic (exact) mass is 317 g/mol. The molecule has 0 bridgehead atoms. The fraction of sp³-hybridized carbons (Fsp3) is 0.154. The third kappa shape index (κ3) is 2.73. The number of rotatable bonds is 4. The van der Waals surface area contributed by atoms with E-state index in [9.17, 15) is 0 Å². The van der Waals surface area contributed by atoms with Gasteiger partial charge < -0.3 is 10.3 Å². The highest BCUT2D eigenvalue weighted by atomic mass is 79.9. The first-order valence-electron chi connectivity index (χ1n) is 5.95. The van der Waals surface area contributed by atoms with Gasteiger partial charge in [-0.05, 0) is 28.1 Å². The summed E-state index contributed by atoms with van der Waals surface area (Å²) in [7, 11) is 0. The molecule has 0 aliphatic carbocycles. The maximum Gasteiger partial charge on any atom is 0.112 e. The topological polar surface area (TPSA) is 66.5 Å². The minimum atomic E-state index is 0.796. The van der Waals surface area contributed by atoms with Crippen LogP contribution in [-0.2, 0) is 6.42 Å². The number of nitrogens with zero attached hydrogens (tertiary/aromatic N) is 3. The number of pyridine rings is 2. The van der Waals surface area contributed by atoms with E-state index in [1.165, 1.54) is 0 Å². The van der Waals surface area contributed by atoms with Gasteiger partial charge in [-0.25, -0.2) is 4.98 Å². The molecule has 3 heterocycles. The molecule has 0 spiro atoms. The fourth-order valence-corrected chi connectivity index (χ4v) is 2.22. The van der Waals surface area contributed by atoms with Crippen molar-refractivity contribution in [1.82, 2.24) is 19.9 Å². The minimum Gasteiger partial charge on any atom is -0.383 e. The van der Waals surface area contributed by atoms with Crippen LogP contribution in [0.25, 0.3) is 11.0 Å². The first-order chi connectivity index (χ1) is 9.33. The Balaban J connectivity index is 1.77. The molecule has 6 heteroatoms. The average molecular weight is 318 g/mol. The van der Waals surface area contributed by atoms with E-state index in [-0.39, 0.29) is 0 Å². The van der Waals surface area contributed by atoms with Gasteiger partial charge in [-0.15, -0.1) is 0 Å². The maximum absolute atomic E-state index is 4.40. The Labute approximate surface area is 118 Å². The standard InChI is InChI=1S/C13H12BrN5/c14-9-7-11-13(19-8-9)10(1-3-16-11)15-4-2-12-17-5-6-18-12/h1,3,5-8H,2,4H2,(H,15,16)(H,17,18). The van der Waals surface area contributed by atoms with Gasteiger partial charge in [0.2, 0.25) is 0 Å². The maximum atomic E-state index is 4.40. The third-order valence-electron chi connectivity index (χ3n) is 2.78. The van der Waals surface area contributed by atoms with Crippen molar-refractivity contribution in [1.29, 1.82) is 0 Å². The lowest BCUT2D eigenvalue weighted by atomic mass is 10.2. The van der Waals surface area contributed by atoms with E-state index >= 15 is 0 Å². The van der Waals surface area contributed by atoms with E-state index < -0.39 is 0 Å². The van der Waals surface area contributed by atoms with Gasteiger partial charge in [-0.1, -0.05) is 0 Å². The molecule has 0 saturated carbocycles. The molecule has 0 fully saturated rings. The number of nitrogens with one attached hydrogen (secondary N) is 2. The molecular formula is C13H12BrN5. The number of aromatic amines is 1. The summed E-state index contributed by atoms with van der Waals surface area (Å²) in [5.74, 6) is 0.974. The first-order valence-corrected chi connectivity index (χ1v) is 6.74. The minimum absolute atomic E-state index is 0.796. The number of hydrogen-bond donors (Lipinski definition) is 2. The summed E-state index contributed by atoms with van der Waals surface area (Å²) in [6.45, 7) is 0.796. The normalized spacial score (nSPS) is 10.8. The number of fused-ring (bicyclic) bond motifs is 1. The van der Waals surface area contributed by atoms with E-state index in [1.807, 2.05) is 18.3 Å². The van der Waals surface area contributed by atoms with Gasteiger partial charge in [0.25, 0.3) is 0 Å². The van der Waals surface area contributed by atoms with Crippen molar-refractivity contribution in [3.05, 3.63) is 47.2 Å². The number of halogens is 1. The van der Waals surface area contributed by atoms with E-state index in [4.69, 9.17) is 0 Å². The van der Waals surface area contributed by atoms with Gasteiger partial charge in [0.05, 0.1) is 11.2 Å². The van der Waals surface area contributed by atoms with Crippen molar-refractivity contribution in [2.45, 2.75) is 6.42 Å². The van der Waals surface area contributed by atoms with Crippen molar-refractivity contribution in [2.24, 2.45) is 0 Å². The fourth-order valence-electron chi connectivity index (χ4n) is 1.90. The Morgan fingerprint density at radius 3 is 3.00 bits per heavy atom. The number of hydrogen-bond acceptors (Lipinski definition) is 4. The van der Waals surface area contributed by atoms with Crippen molar-refractivity contribution in [2.75, 3.05) is 11.9 Å². The Morgan fingerprint density at radius 1 is 1.21 bits per heavy atom. The predicted molar refractivity (Wildman–Crippen MR) is 78.0 cm³/mol. The SMILES string of the molecule is Brc1cnc2c(NCCc3ncc[nH]3)ccnc2c1. The molecule has 0 aliphatic heterocycles. The van der Waals surface area contributed by atoms with Crippen molar-refractivity contribution in [3.8, 4) is 0 Å². The molecule has 0 amide bonds. The van der Waals surface area contributed by atoms with Gasteiger partial charge in [0, 0.05) is 42.2 Å². The molecule has 5 nitrogen and oxygen atoms in total. The van der Waals surface area contributed by atoms with Crippen LogP contribution in [0.1, 0.15) is 5.82 Å². The molecule has 0 radical (unpaired) electrons. The molecule has 0 aliphatic rings. The van der Waals surface area contributed by atoms with Crippen LogP contribution in [-0.4, -0.2) is 26.5 Å². The summed E-state index contributed by atoms with van der Waals surface area (Å²) in [5, 5.41) is 3.37. The van der Waals surface area contributed by atoms with Crippen LogP contribution in [0, 0.1) is 0 Å². The second-order valence-corrected chi connectivity index (χ2v) is 5.01. The highest BCUT2D eigenvalue weighted by Crippen LogP contribution is 2.21. The van der Waals surface area contributed by atoms with Gasteiger partial charge in [0.1, 0.15) is 11.3 Å². The van der Waals surface area contributed by atoms with Crippen LogP contribution in [0.3, 0.4) is 0 Å². The molecule has 3 rings (SSSR count). The second-order valence-electron chi connectivity index (χ2n) is 4.09. The lowest BCUT2D eigenvalue weighted by Crippen LogP contribution is -2.06. The quantitative estimate of drug-likeness (QED) is 0.776. The Morgan fingerprint density at radius 2 is 2.16 bits per heavy atom. The van der Waals surface area contributed by atoms with Crippen LogP contribution in [0.4, 0.5) is 5.69 Å². The first kappa shape index (κ1) is 12.1. The number of H-pyrrole nitrogens is 1. The van der Waals surface area contributed by atoms with Crippen LogP contribution in [0.2, 0.25) is 0 Å². The Kier molecular flexibility index (Phi) is 3.41. The third-order valence-corrected chi connectivity index (χ3v) is 3.21. The summed E-state index contributed by atoms with van der Waals surface area (Å²) < 4.78 is 0.931. The molecule has 19 heavy (non-hydrogen) atoms. The highest BCUT2D eigenvalue weighted by Gasteiger charge is 2.04. The van der Waals surface area contributed by atoms with E-state index in [0.717, 1.165) is 40.0 Å². The summed E-state index contributed by atoms with van der Waals surface area (Å²) in [5.41, 5.74) is 2.74. The van der Waals surface area contributed by atoms with Gasteiger partial charge in [-0.2, -0.15) is 0 Å². The van der Waals surface area contributed by atoms with E-state index in [0.29, 0.717) is 0 Å². The zero-order valence-corrected chi connectivity index (χ0v) is 11.7. The second kappa shape index (κ2) is 5.36. The number of anilines is 1. The lowest BCUT2D eigenvalue weighted by Gasteiger charge is -2.07. The molecule has 96 valence electrons. The molecular weight excluding hydrogens is 306 g/mol. The van der Waals surface area contributed by atoms with Gasteiger partial charge in [0.15, 0.2) is 0 Å². The van der Waals surface area contributed by atoms with Crippen LogP contribution in [0.15, 0.2) is 41.4 Å². The summed E-state index contributed by atoms with van der Waals surface area (Å²) in [6, 6.07) is 3.89. The number of imidazole rings is 1. The molecule has 0 aromatic carbocycles. The largest absolute Gasteiger partial charge is 0.383 e. The zero-order chi connectivity index (χ0) is 13.1. The molecule has 3 aromatic heterocycles. The molecule has 0 saturated heterocycles. The van der Waals surface area contributed by atoms with Crippen molar-refractivity contribution >= 4 is 32.7 Å². The predicted octanol–water partition coefficient (Wildman–Crippen LogP) is 2.77. The Hall–Kier alpha value is -1.95. The summed E-state index contributed by atoms with van der Waals surface area (Å²) in [4.78, 5) is 16.0. The smallest absolute Gasteiger partial charge is 0.112 e. The Bertz CT molecular complexity index is 681. The summed E-state index contributed by atoms with van der Waals surface area (Å²) >= 11 is 3.40. The number of aromatic nitrogens is 4. The molecule has 0 unspecified atom stereocenters. The molecule has 2 N–H and O–H groups in total. The van der Waals surface area contributed by atoms with Gasteiger partial charge >= 0.3 is 0 Å². The average Bonchev–Trinajstić information content (AvgIpc) is 2.92. The molecule has 0 atom stereocenters. The summed E-state index contributed by atoms with van der Waals surface area (Å²) in [6.07, 6.45) is 7.99. The van der Waals surface area contributed by atoms with Crippen molar-refractivity contribution in [3.63, 3.8) is 0 Å². The molecule has 3 aromatic rings. The van der Waals surface area contributed by atoms with E-state index in [1.54, 1.807) is 18.6 Å². The van der Waals surface area contributed by atoms with Crippen molar-refractivity contribution < 1.29 is 0 Å². The van der Waals surface area contributed by atoms with Crippen LogP contribution < -0.4 is 5.32 Å². The van der Waals surface area contributed by atoms with Crippen LogP contribution in [0.5, 0.6) is 0 Å². The van der Waals surface area contributed by atoms with Gasteiger partial charge in [-0.3, -0.25) is 9.97 Å². The lowest BCUT2D eigenvalue weighted by molar-refractivity contribution is 0.928. The van der Waals surface area contributed by atoms with E-state index in [2.05, 4.69) is 41.2 Å².